The van der Waals surface area contributed by atoms with Crippen molar-refractivity contribution in [2.75, 3.05) is 5.32 Å². The second-order valence-corrected chi connectivity index (χ2v) is 6.30. The first-order valence-electron chi connectivity index (χ1n) is 8.07. The molecule has 2 aromatic carbocycles. The Morgan fingerprint density at radius 1 is 1.00 bits per heavy atom. The zero-order chi connectivity index (χ0) is 18.1. The number of carbonyl (C=O) groups is 1. The molecule has 1 amide bonds. The standard InChI is InChI=1S/C19H17F4NO/c20-15-8-1-2-9-16(15)24-17(25)18(10-3-4-11-18)13-6-5-7-14(12-13)19(21,22)23/h1-2,5-9,12H,3-4,10-11H2,(H,24,25). The quantitative estimate of drug-likeness (QED) is 0.748. The van der Waals surface area contributed by atoms with Crippen LogP contribution in [0.25, 0.3) is 0 Å². The average molecular weight is 351 g/mol. The van der Waals surface area contributed by atoms with E-state index in [1.54, 1.807) is 12.1 Å². The summed E-state index contributed by atoms with van der Waals surface area (Å²) in [7, 11) is 0. The number of amides is 1. The smallest absolute Gasteiger partial charge is 0.323 e. The minimum Gasteiger partial charge on any atom is -0.323 e. The lowest BCUT2D eigenvalue weighted by Crippen LogP contribution is -2.38. The molecule has 0 heterocycles. The van der Waals surface area contributed by atoms with Gasteiger partial charge in [-0.1, -0.05) is 43.2 Å². The highest BCUT2D eigenvalue weighted by Crippen LogP contribution is 2.43. The second-order valence-electron chi connectivity index (χ2n) is 6.30. The number of hydrogen-bond acceptors (Lipinski definition) is 1. The van der Waals surface area contributed by atoms with Crippen LogP contribution in [-0.4, -0.2) is 5.91 Å². The number of halogens is 4. The van der Waals surface area contributed by atoms with E-state index in [1.165, 1.54) is 24.3 Å². The summed E-state index contributed by atoms with van der Waals surface area (Å²) in [4.78, 5) is 12.9. The van der Waals surface area contributed by atoms with Gasteiger partial charge >= 0.3 is 6.18 Å². The highest BCUT2D eigenvalue weighted by atomic mass is 19.4. The molecule has 1 N–H and O–H groups in total. The van der Waals surface area contributed by atoms with Gasteiger partial charge in [0.2, 0.25) is 5.91 Å². The Morgan fingerprint density at radius 3 is 2.32 bits per heavy atom. The second kappa shape index (κ2) is 6.50. The Morgan fingerprint density at radius 2 is 1.68 bits per heavy atom. The number of carbonyl (C=O) groups excluding carboxylic acids is 1. The molecule has 1 fully saturated rings. The number of anilines is 1. The van der Waals surface area contributed by atoms with E-state index in [-0.39, 0.29) is 5.69 Å². The number of hydrogen-bond donors (Lipinski definition) is 1. The normalized spacial score (nSPS) is 16.6. The molecular formula is C19H17F4NO. The van der Waals surface area contributed by atoms with Crippen LogP contribution in [0.4, 0.5) is 23.2 Å². The summed E-state index contributed by atoms with van der Waals surface area (Å²) in [5.74, 6) is -1.04. The van der Waals surface area contributed by atoms with Crippen LogP contribution in [0.15, 0.2) is 48.5 Å². The van der Waals surface area contributed by atoms with Crippen molar-refractivity contribution in [2.24, 2.45) is 0 Å². The van der Waals surface area contributed by atoms with E-state index in [0.717, 1.165) is 25.0 Å². The van der Waals surface area contributed by atoms with Gasteiger partial charge in [-0.05, 0) is 36.6 Å². The van der Waals surface area contributed by atoms with Crippen molar-refractivity contribution in [1.29, 1.82) is 0 Å². The SMILES string of the molecule is O=C(Nc1ccccc1F)C1(c2cccc(C(F)(F)F)c2)CCCC1. The zero-order valence-corrected chi connectivity index (χ0v) is 13.4. The lowest BCUT2D eigenvalue weighted by Gasteiger charge is -2.29. The summed E-state index contributed by atoms with van der Waals surface area (Å²) >= 11 is 0. The van der Waals surface area contributed by atoms with Crippen LogP contribution in [0.2, 0.25) is 0 Å². The molecule has 6 heteroatoms. The van der Waals surface area contributed by atoms with Gasteiger partial charge in [-0.25, -0.2) is 4.39 Å². The number of benzene rings is 2. The number of nitrogens with one attached hydrogen (secondary N) is 1. The minimum atomic E-state index is -4.47. The Labute approximate surface area is 142 Å². The van der Waals surface area contributed by atoms with Crippen molar-refractivity contribution in [3.8, 4) is 0 Å². The third-order valence-electron chi connectivity index (χ3n) is 4.76. The summed E-state index contributed by atoms with van der Waals surface area (Å²) in [5.41, 5.74) is -1.49. The van der Waals surface area contributed by atoms with Gasteiger partial charge in [-0.15, -0.1) is 0 Å². The fourth-order valence-electron chi connectivity index (χ4n) is 3.42. The first kappa shape index (κ1) is 17.5. The number of alkyl halides is 3. The molecule has 132 valence electrons. The van der Waals surface area contributed by atoms with E-state index >= 15 is 0 Å². The van der Waals surface area contributed by atoms with Crippen LogP contribution >= 0.6 is 0 Å². The lowest BCUT2D eigenvalue weighted by molar-refractivity contribution is -0.137. The van der Waals surface area contributed by atoms with Gasteiger partial charge in [0.25, 0.3) is 0 Å². The summed E-state index contributed by atoms with van der Waals surface area (Å²) in [6.07, 6.45) is -2.12. The monoisotopic (exact) mass is 351 g/mol. The molecule has 25 heavy (non-hydrogen) atoms. The van der Waals surface area contributed by atoms with Crippen LogP contribution < -0.4 is 5.32 Å². The summed E-state index contributed by atoms with van der Waals surface area (Å²) in [5, 5.41) is 2.55. The highest BCUT2D eigenvalue weighted by molar-refractivity contribution is 5.99. The molecule has 3 rings (SSSR count). The van der Waals surface area contributed by atoms with Gasteiger partial charge in [0.05, 0.1) is 16.7 Å². The molecule has 1 aliphatic rings. The fraction of sp³-hybridized carbons (Fsp3) is 0.316. The molecule has 0 saturated heterocycles. The summed E-state index contributed by atoms with van der Waals surface area (Å²) in [6, 6.07) is 10.6. The predicted octanol–water partition coefficient (Wildman–Crippen LogP) is 5.30. The van der Waals surface area contributed by atoms with Gasteiger partial charge in [0.15, 0.2) is 0 Å². The zero-order valence-electron chi connectivity index (χ0n) is 13.4. The van der Waals surface area contributed by atoms with E-state index in [0.29, 0.717) is 18.4 Å². The molecule has 0 radical (unpaired) electrons. The van der Waals surface area contributed by atoms with Crippen LogP contribution in [0.5, 0.6) is 0 Å². The molecule has 1 aliphatic carbocycles. The van der Waals surface area contributed by atoms with Crippen LogP contribution in [-0.2, 0) is 16.4 Å². The van der Waals surface area contributed by atoms with Crippen molar-refractivity contribution < 1.29 is 22.4 Å². The molecular weight excluding hydrogens is 334 g/mol. The Balaban J connectivity index is 1.97. The molecule has 0 atom stereocenters. The van der Waals surface area contributed by atoms with E-state index < -0.39 is 28.9 Å². The van der Waals surface area contributed by atoms with Crippen molar-refractivity contribution in [3.63, 3.8) is 0 Å². The maximum Gasteiger partial charge on any atom is 0.416 e. The Kier molecular flexibility index (Phi) is 4.54. The van der Waals surface area contributed by atoms with Crippen molar-refractivity contribution in [1.82, 2.24) is 0 Å². The van der Waals surface area contributed by atoms with Crippen molar-refractivity contribution >= 4 is 11.6 Å². The van der Waals surface area contributed by atoms with E-state index in [4.69, 9.17) is 0 Å². The van der Waals surface area contributed by atoms with Crippen LogP contribution in [0.3, 0.4) is 0 Å². The lowest BCUT2D eigenvalue weighted by atomic mass is 9.77. The minimum absolute atomic E-state index is 0.0331. The van der Waals surface area contributed by atoms with Crippen LogP contribution in [0.1, 0.15) is 36.8 Å². The molecule has 0 bridgehead atoms. The third kappa shape index (κ3) is 3.38. The van der Waals surface area contributed by atoms with Crippen molar-refractivity contribution in [2.45, 2.75) is 37.3 Å². The Hall–Kier alpha value is -2.37. The summed E-state index contributed by atoms with van der Waals surface area (Å²) in [6.45, 7) is 0. The third-order valence-corrected chi connectivity index (χ3v) is 4.76. The molecule has 2 nitrogen and oxygen atoms in total. The fourth-order valence-corrected chi connectivity index (χ4v) is 3.42. The topological polar surface area (TPSA) is 29.1 Å². The Bertz CT molecular complexity index is 779. The van der Waals surface area contributed by atoms with Gasteiger partial charge < -0.3 is 5.32 Å². The van der Waals surface area contributed by atoms with E-state index in [2.05, 4.69) is 5.32 Å². The van der Waals surface area contributed by atoms with Crippen LogP contribution in [0, 0.1) is 5.82 Å². The van der Waals surface area contributed by atoms with Gasteiger partial charge in [0, 0.05) is 0 Å². The maximum absolute atomic E-state index is 13.8. The molecule has 0 aromatic heterocycles. The molecule has 0 aliphatic heterocycles. The van der Waals surface area contributed by atoms with Gasteiger partial charge in [-0.2, -0.15) is 13.2 Å². The largest absolute Gasteiger partial charge is 0.416 e. The first-order chi connectivity index (χ1) is 11.8. The van der Waals surface area contributed by atoms with E-state index in [9.17, 15) is 22.4 Å². The molecule has 2 aromatic rings. The summed E-state index contributed by atoms with van der Waals surface area (Å²) < 4.78 is 52.9. The van der Waals surface area contributed by atoms with Gasteiger partial charge in [-0.3, -0.25) is 4.79 Å². The van der Waals surface area contributed by atoms with E-state index in [1.807, 2.05) is 0 Å². The number of para-hydroxylation sites is 1. The predicted molar refractivity (Wildman–Crippen MR) is 86.6 cm³/mol. The highest BCUT2D eigenvalue weighted by Gasteiger charge is 2.44. The van der Waals surface area contributed by atoms with Crippen molar-refractivity contribution in [3.05, 3.63) is 65.5 Å². The molecule has 0 spiro atoms. The maximum atomic E-state index is 13.8. The average Bonchev–Trinajstić information content (AvgIpc) is 3.07. The van der Waals surface area contributed by atoms with Gasteiger partial charge in [0.1, 0.15) is 5.82 Å². The molecule has 0 unspecified atom stereocenters. The molecule has 1 saturated carbocycles. The first-order valence-corrected chi connectivity index (χ1v) is 8.07. The number of rotatable bonds is 3.